The molecule has 1 unspecified atom stereocenters. The van der Waals surface area contributed by atoms with Crippen LogP contribution in [0, 0.1) is 0 Å². The first-order valence-electron chi connectivity index (χ1n) is 5.71. The van der Waals surface area contributed by atoms with Gasteiger partial charge in [-0.3, -0.25) is 4.79 Å². The molecule has 0 radical (unpaired) electrons. The minimum absolute atomic E-state index is 0.196. The lowest BCUT2D eigenvalue weighted by atomic mass is 10.3. The molecule has 1 amide bonds. The lowest BCUT2D eigenvalue weighted by molar-refractivity contribution is -0.121. The van der Waals surface area contributed by atoms with Gasteiger partial charge in [-0.2, -0.15) is 0 Å². The first-order chi connectivity index (χ1) is 8.84. The predicted octanol–water partition coefficient (Wildman–Crippen LogP) is 4.36. The highest BCUT2D eigenvalue weighted by Gasteiger charge is 2.34. The number of halogens is 4. The highest BCUT2D eigenvalue weighted by Crippen LogP contribution is 2.32. The number of anilines is 1. The zero-order valence-electron chi connectivity index (χ0n) is 10.2. The molecule has 0 aliphatic heterocycles. The number of hydrogen-bond acceptors (Lipinski definition) is 2. The number of benzene rings is 1. The summed E-state index contributed by atoms with van der Waals surface area (Å²) in [5.41, 5.74) is 0.581. The second-order valence-corrected chi connectivity index (χ2v) is 6.69. The monoisotopic (exact) mass is 342 g/mol. The summed E-state index contributed by atoms with van der Waals surface area (Å²) in [7, 11) is 0. The fraction of sp³-hybridized carbons (Fsp3) is 0.417. The van der Waals surface area contributed by atoms with Crippen LogP contribution in [-0.4, -0.2) is 15.9 Å². The van der Waals surface area contributed by atoms with Crippen LogP contribution in [0.25, 0.3) is 0 Å². The fourth-order valence-electron chi connectivity index (χ4n) is 1.39. The van der Waals surface area contributed by atoms with E-state index in [9.17, 15) is 4.79 Å². The van der Waals surface area contributed by atoms with Crippen LogP contribution in [0.15, 0.2) is 24.3 Å². The Kier molecular flexibility index (Phi) is 6.54. The highest BCUT2D eigenvalue weighted by molar-refractivity contribution is 6.68. The van der Waals surface area contributed by atoms with E-state index in [4.69, 9.17) is 46.4 Å². The van der Waals surface area contributed by atoms with Gasteiger partial charge >= 0.3 is 0 Å². The van der Waals surface area contributed by atoms with Gasteiger partial charge in [-0.1, -0.05) is 65.5 Å². The Morgan fingerprint density at radius 2 is 1.95 bits per heavy atom. The first kappa shape index (κ1) is 16.7. The third-order valence-corrected chi connectivity index (χ3v) is 3.27. The SMILES string of the molecule is CCCC(=O)NC(Nc1ccccc1Cl)C(Cl)(Cl)Cl. The van der Waals surface area contributed by atoms with Crippen LogP contribution in [0.1, 0.15) is 19.8 Å². The molecular formula is C12H14Cl4N2O. The van der Waals surface area contributed by atoms with Crippen molar-refractivity contribution in [2.45, 2.75) is 29.7 Å². The number of carbonyl (C=O) groups is 1. The third kappa shape index (κ3) is 5.65. The third-order valence-electron chi connectivity index (χ3n) is 2.28. The van der Waals surface area contributed by atoms with Crippen molar-refractivity contribution >= 4 is 58.0 Å². The van der Waals surface area contributed by atoms with Crippen molar-refractivity contribution in [1.82, 2.24) is 5.32 Å². The number of amides is 1. The Morgan fingerprint density at radius 3 is 2.47 bits per heavy atom. The molecule has 1 aromatic rings. The number of rotatable bonds is 5. The summed E-state index contributed by atoms with van der Waals surface area (Å²) in [6.07, 6.45) is 0.211. The zero-order valence-corrected chi connectivity index (χ0v) is 13.2. The molecule has 0 aromatic heterocycles. The molecule has 0 fully saturated rings. The summed E-state index contributed by atoms with van der Waals surface area (Å²) in [5.74, 6) is -0.196. The maximum Gasteiger partial charge on any atom is 0.228 e. The molecule has 7 heteroatoms. The lowest BCUT2D eigenvalue weighted by Gasteiger charge is -2.27. The molecule has 0 spiro atoms. The lowest BCUT2D eigenvalue weighted by Crippen LogP contribution is -2.49. The Morgan fingerprint density at radius 1 is 1.32 bits per heavy atom. The average molecular weight is 344 g/mol. The Hall–Kier alpha value is -0.350. The summed E-state index contributed by atoms with van der Waals surface area (Å²) in [6, 6.07) is 7.01. The summed E-state index contributed by atoms with van der Waals surface area (Å²) in [4.78, 5) is 11.6. The second-order valence-electron chi connectivity index (χ2n) is 3.92. The van der Waals surface area contributed by atoms with E-state index in [0.29, 0.717) is 23.6 Å². The quantitative estimate of drug-likeness (QED) is 0.615. The molecule has 0 bridgehead atoms. The van der Waals surface area contributed by atoms with Gasteiger partial charge in [-0.15, -0.1) is 0 Å². The van der Waals surface area contributed by atoms with E-state index in [1.54, 1.807) is 24.3 Å². The number of alkyl halides is 3. The van der Waals surface area contributed by atoms with Crippen molar-refractivity contribution in [3.8, 4) is 0 Å². The summed E-state index contributed by atoms with van der Waals surface area (Å²) in [5, 5.41) is 6.02. The fourth-order valence-corrected chi connectivity index (χ4v) is 1.91. The molecule has 19 heavy (non-hydrogen) atoms. The molecular weight excluding hydrogens is 330 g/mol. The first-order valence-corrected chi connectivity index (χ1v) is 7.23. The van der Waals surface area contributed by atoms with Gasteiger partial charge in [-0.05, 0) is 18.6 Å². The molecule has 106 valence electrons. The number of nitrogens with one attached hydrogen (secondary N) is 2. The van der Waals surface area contributed by atoms with E-state index in [1.165, 1.54) is 0 Å². The van der Waals surface area contributed by atoms with Crippen molar-refractivity contribution < 1.29 is 4.79 Å². The summed E-state index contributed by atoms with van der Waals surface area (Å²) < 4.78 is -1.69. The minimum Gasteiger partial charge on any atom is -0.361 e. The maximum atomic E-state index is 11.6. The van der Waals surface area contributed by atoms with Gasteiger partial charge in [0, 0.05) is 6.42 Å². The topological polar surface area (TPSA) is 41.1 Å². The molecule has 0 saturated carbocycles. The molecule has 1 rings (SSSR count). The second kappa shape index (κ2) is 7.44. The van der Waals surface area contributed by atoms with Crippen LogP contribution in [0.3, 0.4) is 0 Å². The maximum absolute atomic E-state index is 11.6. The average Bonchev–Trinajstić information content (AvgIpc) is 2.30. The van der Waals surface area contributed by atoms with Crippen LogP contribution >= 0.6 is 46.4 Å². The van der Waals surface area contributed by atoms with E-state index < -0.39 is 9.96 Å². The largest absolute Gasteiger partial charge is 0.361 e. The molecule has 2 N–H and O–H groups in total. The number of para-hydroxylation sites is 1. The van der Waals surface area contributed by atoms with Crippen molar-refractivity contribution in [1.29, 1.82) is 0 Å². The van der Waals surface area contributed by atoms with Crippen LogP contribution in [-0.2, 0) is 4.79 Å². The van der Waals surface area contributed by atoms with E-state index >= 15 is 0 Å². The van der Waals surface area contributed by atoms with Gasteiger partial charge in [0.15, 0.2) is 0 Å². The Balaban J connectivity index is 2.82. The molecule has 0 saturated heterocycles. The van der Waals surface area contributed by atoms with Gasteiger partial charge in [0.1, 0.15) is 6.17 Å². The van der Waals surface area contributed by atoms with E-state index in [1.807, 2.05) is 6.92 Å². The summed E-state index contributed by atoms with van der Waals surface area (Å²) in [6.45, 7) is 1.89. The predicted molar refractivity (Wildman–Crippen MR) is 82.2 cm³/mol. The normalized spacial score (nSPS) is 12.9. The van der Waals surface area contributed by atoms with Crippen LogP contribution in [0.5, 0.6) is 0 Å². The molecule has 0 aliphatic rings. The van der Waals surface area contributed by atoms with Gasteiger partial charge in [-0.25, -0.2) is 0 Å². The van der Waals surface area contributed by atoms with Crippen molar-refractivity contribution in [2.24, 2.45) is 0 Å². The molecule has 3 nitrogen and oxygen atoms in total. The van der Waals surface area contributed by atoms with Gasteiger partial charge in [0.2, 0.25) is 9.70 Å². The van der Waals surface area contributed by atoms with Crippen LogP contribution in [0.2, 0.25) is 5.02 Å². The zero-order chi connectivity index (χ0) is 14.5. The van der Waals surface area contributed by atoms with Crippen molar-refractivity contribution in [2.75, 3.05) is 5.32 Å². The van der Waals surface area contributed by atoms with Crippen LogP contribution < -0.4 is 10.6 Å². The van der Waals surface area contributed by atoms with Gasteiger partial charge in [0.25, 0.3) is 0 Å². The van der Waals surface area contributed by atoms with Crippen molar-refractivity contribution in [3.05, 3.63) is 29.3 Å². The van der Waals surface area contributed by atoms with Crippen LogP contribution in [0.4, 0.5) is 5.69 Å². The Bertz CT molecular complexity index is 434. The molecule has 1 aromatic carbocycles. The number of hydrogen-bond donors (Lipinski definition) is 2. The smallest absolute Gasteiger partial charge is 0.228 e. The minimum atomic E-state index is -1.69. The molecule has 0 heterocycles. The Labute approximate surface area is 132 Å². The van der Waals surface area contributed by atoms with Crippen molar-refractivity contribution in [3.63, 3.8) is 0 Å². The van der Waals surface area contributed by atoms with Gasteiger partial charge in [0.05, 0.1) is 10.7 Å². The number of carbonyl (C=O) groups excluding carboxylic acids is 1. The highest BCUT2D eigenvalue weighted by atomic mass is 35.6. The molecule has 1 atom stereocenters. The standard InChI is InChI=1S/C12H14Cl4N2O/c1-2-5-10(19)18-11(12(14,15)16)17-9-7-4-3-6-8(9)13/h3-4,6-7,11,17H,2,5H2,1H3,(H,18,19). The van der Waals surface area contributed by atoms with E-state index in [2.05, 4.69) is 10.6 Å². The van der Waals surface area contributed by atoms with E-state index in [-0.39, 0.29) is 5.91 Å². The van der Waals surface area contributed by atoms with Gasteiger partial charge < -0.3 is 10.6 Å². The van der Waals surface area contributed by atoms with E-state index in [0.717, 1.165) is 0 Å². The summed E-state index contributed by atoms with van der Waals surface area (Å²) >= 11 is 23.6. The molecule has 0 aliphatic carbocycles.